The normalized spacial score (nSPS) is 22.0. The van der Waals surface area contributed by atoms with Gasteiger partial charge in [0.05, 0.1) is 10.9 Å². The van der Waals surface area contributed by atoms with Crippen molar-refractivity contribution in [1.82, 2.24) is 19.9 Å². The lowest BCUT2D eigenvalue weighted by atomic mass is 9.94. The van der Waals surface area contributed by atoms with Gasteiger partial charge in [-0.25, -0.2) is 13.2 Å². The molecule has 0 radical (unpaired) electrons. The van der Waals surface area contributed by atoms with Crippen LogP contribution in [0.2, 0.25) is 0 Å². The highest BCUT2D eigenvalue weighted by molar-refractivity contribution is 7.99. The van der Waals surface area contributed by atoms with Gasteiger partial charge in [-0.1, -0.05) is 13.0 Å². The quantitative estimate of drug-likeness (QED) is 0.187. The van der Waals surface area contributed by atoms with Crippen LogP contribution in [-0.4, -0.2) is 89.8 Å². The number of ether oxygens (including phenoxy) is 3. The lowest BCUT2D eigenvalue weighted by molar-refractivity contribution is 0.0512. The maximum atomic E-state index is 17.0. The minimum atomic E-state index is -0.894. The van der Waals surface area contributed by atoms with Crippen molar-refractivity contribution in [3.63, 3.8) is 0 Å². The number of hydrogen-bond donors (Lipinski definition) is 0. The molecule has 0 bridgehead atoms. The topological polar surface area (TPSA) is 72.8 Å². The smallest absolute Gasteiger partial charge is 0.319 e. The average Bonchev–Trinajstić information content (AvgIpc) is 3.44. The Bertz CT molecular complexity index is 1760. The van der Waals surface area contributed by atoms with E-state index in [0.717, 1.165) is 50.4 Å². The number of rotatable bonds is 9. The molecule has 0 saturated carbocycles. The van der Waals surface area contributed by atoms with Gasteiger partial charge >= 0.3 is 6.01 Å². The maximum absolute atomic E-state index is 17.0. The molecule has 0 amide bonds. The van der Waals surface area contributed by atoms with Crippen LogP contribution in [0.1, 0.15) is 38.2 Å². The summed E-state index contributed by atoms with van der Waals surface area (Å²) in [7, 11) is 1.52. The van der Waals surface area contributed by atoms with Crippen LogP contribution < -0.4 is 14.4 Å². The molecule has 8 nitrogen and oxygen atoms in total. The van der Waals surface area contributed by atoms with Crippen LogP contribution in [0.15, 0.2) is 30.5 Å². The fraction of sp³-hybridized carbons (Fsp3) is 0.500. The van der Waals surface area contributed by atoms with Gasteiger partial charge in [-0.15, -0.1) is 0 Å². The van der Waals surface area contributed by atoms with Gasteiger partial charge in [0.1, 0.15) is 41.4 Å². The Labute approximate surface area is 270 Å². The predicted octanol–water partition coefficient (Wildman–Crippen LogP) is 6.57. The molecule has 3 saturated heterocycles. The summed E-state index contributed by atoms with van der Waals surface area (Å²) < 4.78 is 63.7. The first-order valence-corrected chi connectivity index (χ1v) is 17.1. The van der Waals surface area contributed by atoms with Crippen molar-refractivity contribution < 1.29 is 27.4 Å². The molecule has 46 heavy (non-hydrogen) atoms. The number of alkyl halides is 1. The number of methoxy groups -OCH3 is 1. The molecule has 2 aromatic carbocycles. The first kappa shape index (κ1) is 31.3. The summed E-state index contributed by atoms with van der Waals surface area (Å²) in [5, 5.41) is 1.74. The molecule has 12 heteroatoms. The van der Waals surface area contributed by atoms with Crippen LogP contribution in [0, 0.1) is 11.6 Å². The van der Waals surface area contributed by atoms with Crippen LogP contribution in [0.5, 0.6) is 11.8 Å². The van der Waals surface area contributed by atoms with Crippen molar-refractivity contribution in [3.8, 4) is 23.0 Å². The van der Waals surface area contributed by atoms with Crippen LogP contribution in [0.25, 0.3) is 32.9 Å². The van der Waals surface area contributed by atoms with Gasteiger partial charge in [0.2, 0.25) is 0 Å². The Morgan fingerprint density at radius 2 is 1.96 bits per heavy atom. The third-order valence-electron chi connectivity index (χ3n) is 9.49. The van der Waals surface area contributed by atoms with Gasteiger partial charge in [0, 0.05) is 50.7 Å². The zero-order valence-corrected chi connectivity index (χ0v) is 27.0. The number of anilines is 1. The highest BCUT2D eigenvalue weighted by Crippen LogP contribution is 2.42. The SMILES string of the molecule is CCc1c(F)ccc2cc(OCOC)cc(-c3ncc4c(N5CCCSCC5)nc(OC[C@@]56CCCN5C[C@H](F)C6)nc4c3F)c12. The van der Waals surface area contributed by atoms with Crippen molar-refractivity contribution in [2.24, 2.45) is 0 Å². The fourth-order valence-electron chi connectivity index (χ4n) is 7.35. The number of fused-ring (bicyclic) bond motifs is 3. The second-order valence-electron chi connectivity index (χ2n) is 12.3. The van der Waals surface area contributed by atoms with Gasteiger partial charge < -0.3 is 19.1 Å². The zero-order valence-electron chi connectivity index (χ0n) is 26.2. The summed E-state index contributed by atoms with van der Waals surface area (Å²) in [4.78, 5) is 18.4. The van der Waals surface area contributed by atoms with Gasteiger partial charge in [-0.05, 0) is 72.5 Å². The van der Waals surface area contributed by atoms with E-state index < -0.39 is 17.5 Å². The molecule has 4 aromatic rings. The van der Waals surface area contributed by atoms with E-state index in [4.69, 9.17) is 19.2 Å². The Kier molecular flexibility index (Phi) is 8.86. The van der Waals surface area contributed by atoms with Crippen molar-refractivity contribution in [3.05, 3.63) is 47.7 Å². The molecule has 2 atom stereocenters. The van der Waals surface area contributed by atoms with E-state index in [9.17, 15) is 4.39 Å². The third-order valence-corrected chi connectivity index (χ3v) is 10.5. The Morgan fingerprint density at radius 1 is 1.07 bits per heavy atom. The monoisotopic (exact) mass is 653 g/mol. The summed E-state index contributed by atoms with van der Waals surface area (Å²) in [6, 6.07) is 6.59. The largest absolute Gasteiger partial charge is 0.468 e. The van der Waals surface area contributed by atoms with E-state index in [-0.39, 0.29) is 36.4 Å². The second kappa shape index (κ2) is 13.0. The third kappa shape index (κ3) is 5.73. The van der Waals surface area contributed by atoms with E-state index in [1.165, 1.54) is 13.2 Å². The fourth-order valence-corrected chi connectivity index (χ4v) is 8.24. The van der Waals surface area contributed by atoms with Crippen molar-refractivity contribution >= 4 is 39.3 Å². The highest BCUT2D eigenvalue weighted by atomic mass is 32.2. The van der Waals surface area contributed by atoms with Crippen LogP contribution in [-0.2, 0) is 11.2 Å². The van der Waals surface area contributed by atoms with Crippen molar-refractivity contribution in [1.29, 1.82) is 0 Å². The lowest BCUT2D eigenvalue weighted by Gasteiger charge is -2.31. The van der Waals surface area contributed by atoms with Gasteiger partial charge in [0.15, 0.2) is 12.6 Å². The number of thioether (sulfide) groups is 1. The van der Waals surface area contributed by atoms with E-state index in [1.807, 2.05) is 18.7 Å². The molecule has 3 aliphatic rings. The summed E-state index contributed by atoms with van der Waals surface area (Å²) in [6.07, 6.45) is 4.30. The standard InChI is InChI=1S/C34H38F3N5O3S/c1-3-24-27(36)7-6-21-14-23(45-20-43-2)15-25(28(21)24)30-29(37)31-26(17-38-30)32(41-9-5-12-46-13-11-41)40-33(39-31)44-19-34-8-4-10-42(34)18-22(35)16-34/h6-7,14-15,17,22H,3-5,8-13,16,18-20H2,1-2H3/t22-,34+/m1/s1. The predicted molar refractivity (Wildman–Crippen MR) is 175 cm³/mol. The highest BCUT2D eigenvalue weighted by Gasteiger charge is 2.49. The minimum Gasteiger partial charge on any atom is -0.468 e. The number of halogens is 3. The van der Waals surface area contributed by atoms with Crippen LogP contribution in [0.3, 0.4) is 0 Å². The van der Waals surface area contributed by atoms with Gasteiger partial charge in [0.25, 0.3) is 0 Å². The van der Waals surface area contributed by atoms with E-state index >= 15 is 8.78 Å². The number of hydrogen-bond acceptors (Lipinski definition) is 9. The first-order chi connectivity index (χ1) is 22.4. The molecule has 3 fully saturated rings. The van der Waals surface area contributed by atoms with Crippen molar-refractivity contribution in [2.75, 3.05) is 63.1 Å². The van der Waals surface area contributed by atoms with Crippen LogP contribution in [0.4, 0.5) is 19.0 Å². The molecule has 3 aliphatic heterocycles. The molecular formula is C34H38F3N5O3S. The molecular weight excluding hydrogens is 615 g/mol. The Hall–Kier alpha value is -3.35. The average molecular weight is 654 g/mol. The van der Waals surface area contributed by atoms with E-state index in [0.29, 0.717) is 58.2 Å². The number of aromatic nitrogens is 3. The zero-order chi connectivity index (χ0) is 31.8. The number of nitrogens with zero attached hydrogens (tertiary/aromatic N) is 5. The molecule has 0 N–H and O–H groups in total. The minimum absolute atomic E-state index is 0.00607. The Morgan fingerprint density at radius 3 is 2.80 bits per heavy atom. The first-order valence-electron chi connectivity index (χ1n) is 16.0. The summed E-state index contributed by atoms with van der Waals surface area (Å²) in [5.41, 5.74) is 0.558. The van der Waals surface area contributed by atoms with Gasteiger partial charge in [-0.3, -0.25) is 9.88 Å². The summed E-state index contributed by atoms with van der Waals surface area (Å²) >= 11 is 1.88. The number of benzene rings is 2. The molecule has 0 unspecified atom stereocenters. The number of pyridine rings is 1. The second-order valence-corrected chi connectivity index (χ2v) is 13.6. The molecule has 5 heterocycles. The van der Waals surface area contributed by atoms with Crippen molar-refractivity contribution in [2.45, 2.75) is 50.7 Å². The molecule has 7 rings (SSSR count). The Balaban J connectivity index is 1.38. The maximum Gasteiger partial charge on any atom is 0.319 e. The summed E-state index contributed by atoms with van der Waals surface area (Å²) in [5.74, 6) is 1.93. The van der Waals surface area contributed by atoms with E-state index in [1.54, 1.807) is 24.4 Å². The molecule has 2 aromatic heterocycles. The summed E-state index contributed by atoms with van der Waals surface area (Å²) in [6.45, 7) is 4.83. The van der Waals surface area contributed by atoms with E-state index in [2.05, 4.69) is 19.8 Å². The molecule has 0 aliphatic carbocycles. The number of aryl methyl sites for hydroxylation is 1. The molecule has 244 valence electrons. The lowest BCUT2D eigenvalue weighted by Crippen LogP contribution is -2.43. The molecule has 0 spiro atoms. The van der Waals surface area contributed by atoms with Gasteiger partial charge in [-0.2, -0.15) is 21.7 Å². The van der Waals surface area contributed by atoms with Crippen LogP contribution >= 0.6 is 11.8 Å².